The number of guanidine groups is 1. The summed E-state index contributed by atoms with van der Waals surface area (Å²) >= 11 is 0. The fourth-order valence-electron chi connectivity index (χ4n) is 2.64. The first-order valence-corrected chi connectivity index (χ1v) is 8.20. The minimum absolute atomic E-state index is 0.682. The number of unbranched alkanes of at least 4 members (excludes halogenated alkanes) is 3. The van der Waals surface area contributed by atoms with E-state index in [2.05, 4.69) is 37.3 Å². The third-order valence-electron chi connectivity index (χ3n) is 3.90. The maximum absolute atomic E-state index is 4.29. The van der Waals surface area contributed by atoms with Gasteiger partial charge in [-0.2, -0.15) is 0 Å². The third-order valence-corrected chi connectivity index (χ3v) is 3.90. The molecule has 0 radical (unpaired) electrons. The van der Waals surface area contributed by atoms with Gasteiger partial charge in [-0.1, -0.05) is 26.2 Å². The van der Waals surface area contributed by atoms with Crippen LogP contribution in [0.1, 0.15) is 57.1 Å². The fraction of sp³-hybridized carbons (Fsp3) is 0.800. The first-order chi connectivity index (χ1) is 10.3. The Labute approximate surface area is 127 Å². The van der Waals surface area contributed by atoms with Gasteiger partial charge in [-0.3, -0.25) is 4.99 Å². The molecule has 2 rings (SSSR count). The second-order valence-corrected chi connectivity index (χ2v) is 5.55. The van der Waals surface area contributed by atoms with E-state index in [-0.39, 0.29) is 0 Å². The Morgan fingerprint density at radius 1 is 1.19 bits per heavy atom. The van der Waals surface area contributed by atoms with Gasteiger partial charge in [0, 0.05) is 26.6 Å². The standard InChI is InChI=1S/C15H28N6/c1-3-4-5-7-10-17-15(16-2)18-12-14-20-19-13-9-6-8-11-21(13)14/h3-12H2,1-2H3,(H2,16,17,18). The smallest absolute Gasteiger partial charge is 0.191 e. The van der Waals surface area contributed by atoms with Gasteiger partial charge in [-0.05, 0) is 19.3 Å². The van der Waals surface area contributed by atoms with Crippen LogP contribution in [0.4, 0.5) is 0 Å². The molecule has 0 spiro atoms. The Hall–Kier alpha value is -1.59. The number of hydrogen-bond donors (Lipinski definition) is 2. The highest BCUT2D eigenvalue weighted by molar-refractivity contribution is 5.79. The van der Waals surface area contributed by atoms with E-state index < -0.39 is 0 Å². The molecule has 2 heterocycles. The zero-order valence-electron chi connectivity index (χ0n) is 13.4. The van der Waals surface area contributed by atoms with Crippen molar-refractivity contribution in [1.82, 2.24) is 25.4 Å². The Bertz CT molecular complexity index is 451. The van der Waals surface area contributed by atoms with Gasteiger partial charge in [0.25, 0.3) is 0 Å². The molecule has 6 heteroatoms. The molecule has 1 aromatic rings. The number of fused-ring (bicyclic) bond motifs is 1. The second-order valence-electron chi connectivity index (χ2n) is 5.55. The van der Waals surface area contributed by atoms with Crippen LogP contribution in [0.5, 0.6) is 0 Å². The van der Waals surface area contributed by atoms with Crippen LogP contribution in [0.3, 0.4) is 0 Å². The molecule has 118 valence electrons. The van der Waals surface area contributed by atoms with Crippen molar-refractivity contribution >= 4 is 5.96 Å². The van der Waals surface area contributed by atoms with E-state index in [1.807, 2.05) is 0 Å². The van der Waals surface area contributed by atoms with Crippen LogP contribution in [0.25, 0.3) is 0 Å². The molecule has 1 aliphatic heterocycles. The lowest BCUT2D eigenvalue weighted by Gasteiger charge is -2.16. The molecule has 6 nitrogen and oxygen atoms in total. The molecule has 1 aliphatic rings. The summed E-state index contributed by atoms with van der Waals surface area (Å²) in [4.78, 5) is 4.25. The number of aromatic nitrogens is 3. The van der Waals surface area contributed by atoms with Gasteiger partial charge in [0.1, 0.15) is 5.82 Å². The number of aliphatic imine (C=N–C) groups is 1. The monoisotopic (exact) mass is 292 g/mol. The van der Waals surface area contributed by atoms with Crippen LogP contribution >= 0.6 is 0 Å². The molecule has 2 N–H and O–H groups in total. The Morgan fingerprint density at radius 3 is 2.90 bits per heavy atom. The van der Waals surface area contributed by atoms with Crippen molar-refractivity contribution < 1.29 is 0 Å². The zero-order chi connectivity index (χ0) is 14.9. The van der Waals surface area contributed by atoms with E-state index in [1.165, 1.54) is 38.5 Å². The number of nitrogens with one attached hydrogen (secondary N) is 2. The highest BCUT2D eigenvalue weighted by Gasteiger charge is 2.15. The maximum Gasteiger partial charge on any atom is 0.191 e. The van der Waals surface area contributed by atoms with Gasteiger partial charge in [-0.15, -0.1) is 10.2 Å². The van der Waals surface area contributed by atoms with Crippen LogP contribution in [0, 0.1) is 0 Å². The van der Waals surface area contributed by atoms with Crippen molar-refractivity contribution in [2.45, 2.75) is 65.0 Å². The molecule has 1 aromatic heterocycles. The highest BCUT2D eigenvalue weighted by Crippen LogP contribution is 2.13. The summed E-state index contributed by atoms with van der Waals surface area (Å²) in [5.41, 5.74) is 0. The summed E-state index contributed by atoms with van der Waals surface area (Å²) in [6.07, 6.45) is 8.55. The van der Waals surface area contributed by atoms with Gasteiger partial charge >= 0.3 is 0 Å². The topological polar surface area (TPSA) is 67.1 Å². The molecule has 0 bridgehead atoms. The highest BCUT2D eigenvalue weighted by atomic mass is 15.3. The lowest BCUT2D eigenvalue weighted by Crippen LogP contribution is -2.38. The number of rotatable bonds is 7. The van der Waals surface area contributed by atoms with E-state index in [1.54, 1.807) is 7.05 Å². The van der Waals surface area contributed by atoms with Gasteiger partial charge in [0.2, 0.25) is 0 Å². The van der Waals surface area contributed by atoms with Crippen LogP contribution < -0.4 is 10.6 Å². The Balaban J connectivity index is 1.74. The molecule has 0 saturated carbocycles. The maximum atomic E-state index is 4.29. The predicted molar refractivity (Wildman–Crippen MR) is 85.3 cm³/mol. The van der Waals surface area contributed by atoms with Crippen molar-refractivity contribution in [1.29, 1.82) is 0 Å². The molecule has 0 atom stereocenters. The summed E-state index contributed by atoms with van der Waals surface area (Å²) < 4.78 is 2.24. The van der Waals surface area contributed by atoms with E-state index in [9.17, 15) is 0 Å². The predicted octanol–water partition coefficient (Wildman–Crippen LogP) is 1.86. The number of nitrogens with zero attached hydrogens (tertiary/aromatic N) is 4. The minimum atomic E-state index is 0.682. The fourth-order valence-corrected chi connectivity index (χ4v) is 2.64. The van der Waals surface area contributed by atoms with Gasteiger partial charge < -0.3 is 15.2 Å². The number of aryl methyl sites for hydroxylation is 1. The van der Waals surface area contributed by atoms with Crippen molar-refractivity contribution in [2.75, 3.05) is 13.6 Å². The lowest BCUT2D eigenvalue weighted by molar-refractivity contribution is 0.504. The molecule has 0 fully saturated rings. The SMILES string of the molecule is CCCCCCNC(=NC)NCc1nnc2n1CCCC2. The van der Waals surface area contributed by atoms with Gasteiger partial charge in [0.15, 0.2) is 11.8 Å². The van der Waals surface area contributed by atoms with Crippen LogP contribution in [-0.4, -0.2) is 34.3 Å². The molecular weight excluding hydrogens is 264 g/mol. The van der Waals surface area contributed by atoms with Gasteiger partial charge in [-0.25, -0.2) is 0 Å². The molecule has 0 aromatic carbocycles. The number of hydrogen-bond acceptors (Lipinski definition) is 3. The molecule has 0 aliphatic carbocycles. The average molecular weight is 292 g/mol. The summed E-state index contributed by atoms with van der Waals surface area (Å²) in [7, 11) is 1.81. The summed E-state index contributed by atoms with van der Waals surface area (Å²) in [5, 5.41) is 15.2. The first-order valence-electron chi connectivity index (χ1n) is 8.20. The quantitative estimate of drug-likeness (QED) is 0.457. The third kappa shape index (κ3) is 4.72. The van der Waals surface area contributed by atoms with Crippen molar-refractivity contribution in [3.05, 3.63) is 11.6 Å². The van der Waals surface area contributed by atoms with Crippen LogP contribution in [0.2, 0.25) is 0 Å². The van der Waals surface area contributed by atoms with Crippen molar-refractivity contribution in [3.8, 4) is 0 Å². The largest absolute Gasteiger partial charge is 0.356 e. The van der Waals surface area contributed by atoms with Crippen molar-refractivity contribution in [2.24, 2.45) is 4.99 Å². The first kappa shape index (κ1) is 15.8. The molecule has 0 saturated heterocycles. The molecule has 0 amide bonds. The summed E-state index contributed by atoms with van der Waals surface area (Å²) in [5.74, 6) is 2.99. The minimum Gasteiger partial charge on any atom is -0.356 e. The van der Waals surface area contributed by atoms with Gasteiger partial charge in [0.05, 0.1) is 6.54 Å². The molecular formula is C15H28N6. The van der Waals surface area contributed by atoms with E-state index >= 15 is 0 Å². The molecule has 21 heavy (non-hydrogen) atoms. The second kappa shape index (κ2) is 8.64. The average Bonchev–Trinajstić information content (AvgIpc) is 2.93. The van der Waals surface area contributed by atoms with E-state index in [0.29, 0.717) is 6.54 Å². The Morgan fingerprint density at radius 2 is 2.10 bits per heavy atom. The van der Waals surface area contributed by atoms with E-state index in [0.717, 1.165) is 37.1 Å². The van der Waals surface area contributed by atoms with Crippen LogP contribution in [0.15, 0.2) is 4.99 Å². The van der Waals surface area contributed by atoms with Crippen molar-refractivity contribution in [3.63, 3.8) is 0 Å². The van der Waals surface area contributed by atoms with E-state index in [4.69, 9.17) is 0 Å². The Kier molecular flexibility index (Phi) is 6.50. The lowest BCUT2D eigenvalue weighted by atomic mass is 10.2. The zero-order valence-corrected chi connectivity index (χ0v) is 13.4. The summed E-state index contributed by atoms with van der Waals surface area (Å²) in [6.45, 7) is 4.93. The normalized spacial score (nSPS) is 14.9. The van der Waals surface area contributed by atoms with Crippen LogP contribution in [-0.2, 0) is 19.5 Å². The molecule has 0 unspecified atom stereocenters. The summed E-state index contributed by atoms with van der Waals surface area (Å²) in [6, 6.07) is 0.